The van der Waals surface area contributed by atoms with E-state index in [0.717, 1.165) is 5.56 Å². The molecule has 112 valence electrons. The van der Waals surface area contributed by atoms with Crippen LogP contribution in [0.15, 0.2) is 58.7 Å². The highest BCUT2D eigenvalue weighted by atomic mass is 16.5. The molecule has 22 heavy (non-hydrogen) atoms. The third kappa shape index (κ3) is 4.45. The molecule has 2 aromatic rings. The van der Waals surface area contributed by atoms with E-state index < -0.39 is 5.97 Å². The van der Waals surface area contributed by atoms with Crippen LogP contribution in [0.2, 0.25) is 0 Å². The number of benzene rings is 2. The highest BCUT2D eigenvalue weighted by Crippen LogP contribution is 2.15. The molecule has 0 saturated heterocycles. The Bertz CT molecular complexity index is 734. The SMILES string of the molecule is Cc1cccc(C(=O)Oc2cccc(C=NN=C(N)N)c2)c1. The summed E-state index contributed by atoms with van der Waals surface area (Å²) >= 11 is 0. The molecule has 0 saturated carbocycles. The van der Waals surface area contributed by atoms with Crippen molar-refractivity contribution in [3.8, 4) is 5.75 Å². The fourth-order valence-corrected chi connectivity index (χ4v) is 1.76. The predicted molar refractivity (Wildman–Crippen MR) is 86.0 cm³/mol. The maximum Gasteiger partial charge on any atom is 0.343 e. The van der Waals surface area contributed by atoms with E-state index in [0.29, 0.717) is 16.9 Å². The molecule has 2 rings (SSSR count). The van der Waals surface area contributed by atoms with Crippen LogP contribution >= 0.6 is 0 Å². The number of rotatable bonds is 4. The summed E-state index contributed by atoms with van der Waals surface area (Å²) in [5.41, 5.74) is 12.5. The summed E-state index contributed by atoms with van der Waals surface area (Å²) in [6.07, 6.45) is 1.46. The van der Waals surface area contributed by atoms with Gasteiger partial charge in [-0.15, -0.1) is 5.10 Å². The quantitative estimate of drug-likeness (QED) is 0.295. The maximum atomic E-state index is 12.1. The van der Waals surface area contributed by atoms with E-state index in [1.165, 1.54) is 6.21 Å². The van der Waals surface area contributed by atoms with Crippen molar-refractivity contribution in [1.29, 1.82) is 0 Å². The van der Waals surface area contributed by atoms with E-state index in [1.54, 1.807) is 36.4 Å². The van der Waals surface area contributed by atoms with E-state index in [-0.39, 0.29) is 5.96 Å². The second-order valence-corrected chi connectivity index (χ2v) is 4.60. The first kappa shape index (κ1) is 15.2. The molecule has 0 fully saturated rings. The van der Waals surface area contributed by atoms with Gasteiger partial charge in [0.2, 0.25) is 5.96 Å². The van der Waals surface area contributed by atoms with Gasteiger partial charge < -0.3 is 16.2 Å². The van der Waals surface area contributed by atoms with Crippen LogP contribution in [0.5, 0.6) is 5.75 Å². The molecule has 0 spiro atoms. The average Bonchev–Trinajstić information content (AvgIpc) is 2.47. The maximum absolute atomic E-state index is 12.1. The summed E-state index contributed by atoms with van der Waals surface area (Å²) in [6, 6.07) is 14.1. The van der Waals surface area contributed by atoms with Gasteiger partial charge in [0.25, 0.3) is 0 Å². The molecule has 0 aliphatic heterocycles. The van der Waals surface area contributed by atoms with Crippen molar-refractivity contribution in [3.63, 3.8) is 0 Å². The predicted octanol–water partition coefficient (Wildman–Crippen LogP) is 1.82. The lowest BCUT2D eigenvalue weighted by Crippen LogP contribution is -2.21. The van der Waals surface area contributed by atoms with Crippen LogP contribution in [0.3, 0.4) is 0 Å². The number of aryl methyl sites for hydroxylation is 1. The van der Waals surface area contributed by atoms with Gasteiger partial charge in [-0.25, -0.2) is 4.79 Å². The minimum atomic E-state index is -0.415. The Hall–Kier alpha value is -3.15. The van der Waals surface area contributed by atoms with E-state index in [1.807, 2.05) is 19.1 Å². The minimum absolute atomic E-state index is 0.127. The van der Waals surface area contributed by atoms with Crippen LogP contribution in [-0.4, -0.2) is 18.1 Å². The van der Waals surface area contributed by atoms with E-state index in [9.17, 15) is 4.79 Å². The topological polar surface area (TPSA) is 103 Å². The van der Waals surface area contributed by atoms with Crippen molar-refractivity contribution in [2.45, 2.75) is 6.92 Å². The number of esters is 1. The lowest BCUT2D eigenvalue weighted by Gasteiger charge is -2.05. The Morgan fingerprint density at radius 3 is 2.64 bits per heavy atom. The lowest BCUT2D eigenvalue weighted by atomic mass is 10.1. The van der Waals surface area contributed by atoms with Crippen LogP contribution in [0.4, 0.5) is 0 Å². The van der Waals surface area contributed by atoms with E-state index in [4.69, 9.17) is 16.2 Å². The molecule has 6 heteroatoms. The largest absolute Gasteiger partial charge is 0.423 e. The van der Waals surface area contributed by atoms with E-state index >= 15 is 0 Å². The van der Waals surface area contributed by atoms with Crippen molar-refractivity contribution >= 4 is 18.1 Å². The first-order valence-corrected chi connectivity index (χ1v) is 6.55. The summed E-state index contributed by atoms with van der Waals surface area (Å²) in [6.45, 7) is 1.91. The number of hydrogen-bond donors (Lipinski definition) is 2. The second-order valence-electron chi connectivity index (χ2n) is 4.60. The molecule has 0 atom stereocenters. The molecular weight excluding hydrogens is 280 g/mol. The van der Waals surface area contributed by atoms with E-state index in [2.05, 4.69) is 10.2 Å². The number of carbonyl (C=O) groups is 1. The molecule has 0 aliphatic rings. The van der Waals surface area contributed by atoms with Gasteiger partial charge >= 0.3 is 5.97 Å². The van der Waals surface area contributed by atoms with Crippen molar-refractivity contribution in [2.75, 3.05) is 0 Å². The number of hydrogen-bond acceptors (Lipinski definition) is 4. The molecule has 4 N–H and O–H groups in total. The third-order valence-corrected chi connectivity index (χ3v) is 2.70. The molecule has 0 aliphatic carbocycles. The molecular formula is C16H16N4O2. The van der Waals surface area contributed by atoms with Crippen molar-refractivity contribution in [3.05, 3.63) is 65.2 Å². The highest BCUT2D eigenvalue weighted by Gasteiger charge is 2.08. The van der Waals surface area contributed by atoms with Crippen LogP contribution in [0, 0.1) is 6.92 Å². The summed E-state index contributed by atoms with van der Waals surface area (Å²) in [7, 11) is 0. The Morgan fingerprint density at radius 1 is 1.14 bits per heavy atom. The van der Waals surface area contributed by atoms with Gasteiger partial charge in [0.05, 0.1) is 11.8 Å². The van der Waals surface area contributed by atoms with Crippen LogP contribution in [-0.2, 0) is 0 Å². The Morgan fingerprint density at radius 2 is 1.91 bits per heavy atom. The Labute approximate surface area is 128 Å². The smallest absolute Gasteiger partial charge is 0.343 e. The van der Waals surface area contributed by atoms with Gasteiger partial charge in [-0.05, 0) is 36.8 Å². The summed E-state index contributed by atoms with van der Waals surface area (Å²) in [4.78, 5) is 12.1. The summed E-state index contributed by atoms with van der Waals surface area (Å²) in [5.74, 6) is -0.125. The number of guanidine groups is 1. The van der Waals surface area contributed by atoms with Crippen LogP contribution in [0.25, 0.3) is 0 Å². The van der Waals surface area contributed by atoms with Gasteiger partial charge in [0, 0.05) is 0 Å². The first-order chi connectivity index (χ1) is 10.5. The monoisotopic (exact) mass is 296 g/mol. The molecule has 0 bridgehead atoms. The van der Waals surface area contributed by atoms with Gasteiger partial charge in [0.15, 0.2) is 0 Å². The average molecular weight is 296 g/mol. The standard InChI is InChI=1S/C16H16N4O2/c1-11-4-2-6-13(8-11)15(21)22-14-7-3-5-12(9-14)10-19-20-16(17)18/h2-10H,1H3,(H4,17,18,20). The molecule has 6 nitrogen and oxygen atoms in total. The van der Waals surface area contributed by atoms with Gasteiger partial charge in [-0.3, -0.25) is 0 Å². The van der Waals surface area contributed by atoms with Crippen LogP contribution < -0.4 is 16.2 Å². The molecule has 0 unspecified atom stereocenters. The number of ether oxygens (including phenoxy) is 1. The van der Waals surface area contributed by atoms with Gasteiger partial charge in [0.1, 0.15) is 5.75 Å². The Balaban J connectivity index is 2.12. The molecule has 0 aromatic heterocycles. The number of nitrogens with two attached hydrogens (primary N) is 2. The van der Waals surface area contributed by atoms with Crippen molar-refractivity contribution in [1.82, 2.24) is 0 Å². The molecule has 2 aromatic carbocycles. The summed E-state index contributed by atoms with van der Waals surface area (Å²) in [5, 5.41) is 7.21. The molecule has 0 radical (unpaired) electrons. The normalized spacial score (nSPS) is 10.4. The highest BCUT2D eigenvalue weighted by molar-refractivity contribution is 5.91. The number of nitrogens with zero attached hydrogens (tertiary/aromatic N) is 2. The van der Waals surface area contributed by atoms with Crippen molar-refractivity contribution in [2.24, 2.45) is 21.7 Å². The number of carbonyl (C=O) groups excluding carboxylic acids is 1. The molecule has 0 amide bonds. The van der Waals surface area contributed by atoms with Gasteiger partial charge in [-0.1, -0.05) is 29.8 Å². The first-order valence-electron chi connectivity index (χ1n) is 6.55. The Kier molecular flexibility index (Phi) is 4.87. The fraction of sp³-hybridized carbons (Fsp3) is 0.0625. The lowest BCUT2D eigenvalue weighted by molar-refractivity contribution is 0.0734. The minimum Gasteiger partial charge on any atom is -0.423 e. The van der Waals surface area contributed by atoms with Gasteiger partial charge in [-0.2, -0.15) is 5.10 Å². The zero-order chi connectivity index (χ0) is 15.9. The second kappa shape index (κ2) is 7.03. The molecule has 0 heterocycles. The van der Waals surface area contributed by atoms with Crippen LogP contribution in [0.1, 0.15) is 21.5 Å². The fourth-order valence-electron chi connectivity index (χ4n) is 1.76. The van der Waals surface area contributed by atoms with Crippen molar-refractivity contribution < 1.29 is 9.53 Å². The zero-order valence-electron chi connectivity index (χ0n) is 12.1. The third-order valence-electron chi connectivity index (χ3n) is 2.70. The zero-order valence-corrected chi connectivity index (χ0v) is 12.1. The summed E-state index contributed by atoms with van der Waals surface area (Å²) < 4.78 is 5.34.